The Morgan fingerprint density at radius 3 is 2.74 bits per heavy atom. The zero-order valence-corrected chi connectivity index (χ0v) is 12.2. The fraction of sp³-hybridized carbons (Fsp3) is 0.0714. The summed E-state index contributed by atoms with van der Waals surface area (Å²) in [5.74, 6) is 0.635. The number of phenolic OH excluding ortho intramolecular Hbond substituents is 1. The van der Waals surface area contributed by atoms with Crippen molar-refractivity contribution in [3.05, 3.63) is 45.8 Å². The number of fused-ring (bicyclic) bond motifs is 1. The predicted octanol–water partition coefficient (Wildman–Crippen LogP) is 3.69. The van der Waals surface area contributed by atoms with Crippen molar-refractivity contribution in [3.8, 4) is 17.1 Å². The van der Waals surface area contributed by atoms with Crippen molar-refractivity contribution >= 4 is 33.6 Å². The monoisotopic (exact) mass is 368 g/mol. The third-order valence-corrected chi connectivity index (χ3v) is 3.96. The first-order valence-electron chi connectivity index (χ1n) is 5.67. The van der Waals surface area contributed by atoms with E-state index in [4.69, 9.17) is 0 Å². The molecule has 3 nitrogen and oxygen atoms in total. The molecule has 0 spiro atoms. The van der Waals surface area contributed by atoms with E-state index < -0.39 is 0 Å². The molecule has 0 radical (unpaired) electrons. The van der Waals surface area contributed by atoms with Gasteiger partial charge in [0, 0.05) is 12.6 Å². The average molecular weight is 368 g/mol. The van der Waals surface area contributed by atoms with Crippen LogP contribution in [-0.4, -0.2) is 14.7 Å². The first kappa shape index (κ1) is 12.4. The lowest BCUT2D eigenvalue weighted by atomic mass is 10.2. The minimum atomic E-state index is -0.285. The summed E-state index contributed by atoms with van der Waals surface area (Å²) in [5.41, 5.74) is 2.27. The van der Waals surface area contributed by atoms with Gasteiger partial charge in [-0.1, -0.05) is 0 Å². The summed E-state index contributed by atoms with van der Waals surface area (Å²) in [6.07, 6.45) is 0. The van der Waals surface area contributed by atoms with Crippen LogP contribution in [-0.2, 0) is 7.05 Å². The Bertz CT molecular complexity index is 782. The molecule has 0 unspecified atom stereocenters. The zero-order chi connectivity index (χ0) is 13.6. The van der Waals surface area contributed by atoms with Gasteiger partial charge in [0.25, 0.3) is 0 Å². The van der Waals surface area contributed by atoms with Crippen molar-refractivity contribution in [3.63, 3.8) is 0 Å². The molecule has 0 saturated heterocycles. The topological polar surface area (TPSA) is 38.0 Å². The first-order valence-corrected chi connectivity index (χ1v) is 6.75. The van der Waals surface area contributed by atoms with Gasteiger partial charge in [0.05, 0.1) is 14.6 Å². The van der Waals surface area contributed by atoms with Gasteiger partial charge < -0.3 is 9.67 Å². The van der Waals surface area contributed by atoms with Crippen LogP contribution in [0.3, 0.4) is 0 Å². The minimum Gasteiger partial charge on any atom is -0.507 e. The Hall–Kier alpha value is -1.63. The molecule has 0 amide bonds. The summed E-state index contributed by atoms with van der Waals surface area (Å²) in [6, 6.07) is 9.88. The number of hydrogen-bond acceptors (Lipinski definition) is 2. The van der Waals surface area contributed by atoms with Gasteiger partial charge in [-0.3, -0.25) is 0 Å². The molecule has 0 fully saturated rings. The largest absolute Gasteiger partial charge is 0.507 e. The van der Waals surface area contributed by atoms with Crippen LogP contribution in [0.15, 0.2) is 36.4 Å². The maximum atomic E-state index is 13.3. The van der Waals surface area contributed by atoms with E-state index >= 15 is 0 Å². The van der Waals surface area contributed by atoms with Crippen molar-refractivity contribution in [2.45, 2.75) is 0 Å². The molecule has 0 atom stereocenters. The van der Waals surface area contributed by atoms with Gasteiger partial charge >= 0.3 is 0 Å². The van der Waals surface area contributed by atoms with Gasteiger partial charge in [-0.05, 0) is 59.0 Å². The molecule has 3 rings (SSSR count). The molecule has 5 heteroatoms. The van der Waals surface area contributed by atoms with E-state index in [1.165, 1.54) is 12.1 Å². The number of rotatable bonds is 1. The van der Waals surface area contributed by atoms with E-state index in [0.29, 0.717) is 5.82 Å². The van der Waals surface area contributed by atoms with Gasteiger partial charge in [-0.2, -0.15) is 0 Å². The van der Waals surface area contributed by atoms with Gasteiger partial charge in [-0.15, -0.1) is 0 Å². The van der Waals surface area contributed by atoms with Crippen molar-refractivity contribution in [2.75, 3.05) is 0 Å². The Kier molecular flexibility index (Phi) is 2.93. The highest BCUT2D eigenvalue weighted by atomic mass is 127. The van der Waals surface area contributed by atoms with E-state index in [9.17, 15) is 9.50 Å². The second-order valence-corrected chi connectivity index (χ2v) is 5.46. The molecular weight excluding hydrogens is 358 g/mol. The summed E-state index contributed by atoms with van der Waals surface area (Å²) < 4.78 is 15.9. The predicted molar refractivity (Wildman–Crippen MR) is 80.5 cm³/mol. The molecule has 2 aromatic carbocycles. The second-order valence-electron chi connectivity index (χ2n) is 4.29. The summed E-state index contributed by atoms with van der Waals surface area (Å²) in [5, 5.41) is 9.77. The molecule has 0 saturated carbocycles. The molecule has 1 N–H and O–H groups in total. The van der Waals surface area contributed by atoms with Gasteiger partial charge in [-0.25, -0.2) is 9.37 Å². The molecule has 0 aliphatic heterocycles. The Morgan fingerprint density at radius 1 is 1.21 bits per heavy atom. The van der Waals surface area contributed by atoms with E-state index in [2.05, 4.69) is 27.6 Å². The van der Waals surface area contributed by atoms with E-state index in [1.54, 1.807) is 12.1 Å². The highest BCUT2D eigenvalue weighted by Crippen LogP contribution is 2.29. The average Bonchev–Trinajstić information content (AvgIpc) is 2.70. The molecule has 19 heavy (non-hydrogen) atoms. The van der Waals surface area contributed by atoms with Crippen molar-refractivity contribution in [2.24, 2.45) is 7.05 Å². The molecule has 3 aromatic rings. The van der Waals surface area contributed by atoms with Crippen LogP contribution in [0.4, 0.5) is 4.39 Å². The van der Waals surface area contributed by atoms with Crippen LogP contribution in [0, 0.1) is 9.39 Å². The SMILES string of the molecule is Cn1c(-c2ccc(I)c(O)c2)nc2ccc(F)cc21. The lowest BCUT2D eigenvalue weighted by molar-refractivity contribution is 0.471. The lowest BCUT2D eigenvalue weighted by Gasteiger charge is -2.04. The molecule has 0 aliphatic carbocycles. The maximum absolute atomic E-state index is 13.3. The number of aromatic hydroxyl groups is 1. The minimum absolute atomic E-state index is 0.219. The summed E-state index contributed by atoms with van der Waals surface area (Å²) in [7, 11) is 1.83. The summed E-state index contributed by atoms with van der Waals surface area (Å²) in [4.78, 5) is 4.48. The van der Waals surface area contributed by atoms with Crippen molar-refractivity contribution in [1.29, 1.82) is 0 Å². The fourth-order valence-corrected chi connectivity index (χ4v) is 2.41. The van der Waals surface area contributed by atoms with Crippen LogP contribution in [0.25, 0.3) is 22.4 Å². The number of nitrogens with zero attached hydrogens (tertiary/aromatic N) is 2. The molecule has 0 aliphatic rings. The maximum Gasteiger partial charge on any atom is 0.140 e. The van der Waals surface area contributed by atoms with Gasteiger partial charge in [0.2, 0.25) is 0 Å². The number of imidazole rings is 1. The van der Waals surface area contributed by atoms with Crippen LogP contribution in [0.2, 0.25) is 0 Å². The molecular formula is C14H10FIN2O. The highest BCUT2D eigenvalue weighted by molar-refractivity contribution is 14.1. The number of phenols is 1. The van der Waals surface area contributed by atoms with Crippen LogP contribution >= 0.6 is 22.6 Å². The Balaban J connectivity index is 2.24. The van der Waals surface area contributed by atoms with Crippen molar-refractivity contribution < 1.29 is 9.50 Å². The standard InChI is InChI=1S/C14H10FIN2O/c1-18-12-7-9(15)3-5-11(12)17-14(18)8-2-4-10(16)13(19)6-8/h2-7,19H,1H3. The Morgan fingerprint density at radius 2 is 2.00 bits per heavy atom. The van der Waals surface area contributed by atoms with Crippen molar-refractivity contribution in [1.82, 2.24) is 9.55 Å². The molecule has 0 bridgehead atoms. The number of halogens is 2. The van der Waals surface area contributed by atoms with Crippen LogP contribution < -0.4 is 0 Å². The van der Waals surface area contributed by atoms with Gasteiger partial charge in [0.1, 0.15) is 17.4 Å². The normalized spacial score (nSPS) is 11.1. The van der Waals surface area contributed by atoms with Crippen LogP contribution in [0.5, 0.6) is 5.75 Å². The number of aromatic nitrogens is 2. The smallest absolute Gasteiger partial charge is 0.140 e. The summed E-state index contributed by atoms with van der Waals surface area (Å²) in [6.45, 7) is 0. The number of benzene rings is 2. The van der Waals surface area contributed by atoms with Crippen LogP contribution in [0.1, 0.15) is 0 Å². The number of hydrogen-bond donors (Lipinski definition) is 1. The lowest BCUT2D eigenvalue weighted by Crippen LogP contribution is -1.92. The van der Waals surface area contributed by atoms with Gasteiger partial charge in [0.15, 0.2) is 0 Å². The molecule has 96 valence electrons. The van der Waals surface area contributed by atoms with E-state index in [-0.39, 0.29) is 11.6 Å². The number of aryl methyl sites for hydroxylation is 1. The first-order chi connectivity index (χ1) is 9.06. The highest BCUT2D eigenvalue weighted by Gasteiger charge is 2.11. The second kappa shape index (κ2) is 4.48. The fourth-order valence-electron chi connectivity index (χ4n) is 2.07. The van der Waals surface area contributed by atoms with E-state index in [1.807, 2.05) is 23.7 Å². The van der Waals surface area contributed by atoms with E-state index in [0.717, 1.165) is 20.2 Å². The molecule has 1 aromatic heterocycles. The quantitative estimate of drug-likeness (QED) is 0.666. The Labute approximate surface area is 122 Å². The third kappa shape index (κ3) is 2.07. The third-order valence-electron chi connectivity index (χ3n) is 3.05. The summed E-state index contributed by atoms with van der Waals surface area (Å²) >= 11 is 2.06. The zero-order valence-electron chi connectivity index (χ0n) is 10.1. The molecule has 1 heterocycles.